The van der Waals surface area contributed by atoms with Crippen LogP contribution in [0, 0.1) is 18.3 Å². The Balaban J connectivity index is 3.15. The fourth-order valence-electron chi connectivity index (χ4n) is 2.01. The van der Waals surface area contributed by atoms with Crippen LogP contribution in [0.15, 0.2) is 4.47 Å². The first-order chi connectivity index (χ1) is 8.41. The normalized spacial score (nSPS) is 12.4. The third-order valence-electron chi connectivity index (χ3n) is 3.73. The molecule has 104 valence electrons. The largest absolute Gasteiger partial charge is 0.268 e. The molecule has 0 unspecified atom stereocenters. The average Bonchev–Trinajstić information content (AvgIpc) is 2.62. The zero-order valence-corrected chi connectivity index (χ0v) is 16.2. The van der Waals surface area contributed by atoms with Crippen LogP contribution in [0.4, 0.5) is 0 Å². The Labute approximate surface area is 135 Å². The van der Waals surface area contributed by atoms with Gasteiger partial charge in [-0.2, -0.15) is 5.10 Å². The van der Waals surface area contributed by atoms with Gasteiger partial charge in [0.15, 0.2) is 0 Å². The fraction of sp³-hybridized carbons (Fsp3) is 0.769. The van der Waals surface area contributed by atoms with Gasteiger partial charge in [-0.25, -0.2) is 0 Å². The Morgan fingerprint density at radius 2 is 1.83 bits per heavy atom. The van der Waals surface area contributed by atoms with Crippen molar-refractivity contribution in [2.45, 2.75) is 40.7 Å². The van der Waals surface area contributed by atoms with Crippen molar-refractivity contribution in [2.24, 2.45) is 11.3 Å². The van der Waals surface area contributed by atoms with E-state index in [0.717, 1.165) is 33.8 Å². The highest BCUT2D eigenvalue weighted by atomic mass is 79.9. The third kappa shape index (κ3) is 3.21. The van der Waals surface area contributed by atoms with Crippen molar-refractivity contribution in [3.05, 3.63) is 15.9 Å². The van der Waals surface area contributed by atoms with Crippen LogP contribution in [-0.4, -0.2) is 20.4 Å². The van der Waals surface area contributed by atoms with Crippen molar-refractivity contribution >= 4 is 47.8 Å². The first-order valence-electron chi connectivity index (χ1n) is 6.25. The molecule has 1 aromatic heterocycles. The summed E-state index contributed by atoms with van der Waals surface area (Å²) in [4.78, 5) is 0. The van der Waals surface area contributed by atoms with E-state index < -0.39 is 0 Å². The maximum Gasteiger partial charge on any atom is 0.0738 e. The summed E-state index contributed by atoms with van der Waals surface area (Å²) in [6.07, 6.45) is 1.02. The molecule has 0 aliphatic heterocycles. The number of aromatic nitrogens is 2. The van der Waals surface area contributed by atoms with E-state index in [9.17, 15) is 0 Å². The van der Waals surface area contributed by atoms with Gasteiger partial charge in [0.2, 0.25) is 0 Å². The average molecular weight is 445 g/mol. The molecule has 1 aromatic rings. The molecule has 0 saturated carbocycles. The van der Waals surface area contributed by atoms with Crippen LogP contribution in [0.5, 0.6) is 0 Å². The summed E-state index contributed by atoms with van der Waals surface area (Å²) in [6, 6.07) is 0. The van der Waals surface area contributed by atoms with Crippen LogP contribution in [0.1, 0.15) is 32.2 Å². The number of alkyl halides is 2. The SMILES string of the molecule is CCn1nc(C)c(Br)c1CC(CBr)(CBr)C(C)C. The molecule has 0 fully saturated rings. The number of hydrogen-bond acceptors (Lipinski definition) is 1. The molecular formula is C13H21Br3N2. The van der Waals surface area contributed by atoms with Crippen LogP contribution >= 0.6 is 47.8 Å². The lowest BCUT2D eigenvalue weighted by atomic mass is 9.77. The van der Waals surface area contributed by atoms with Gasteiger partial charge in [0, 0.05) is 17.2 Å². The Morgan fingerprint density at radius 3 is 2.22 bits per heavy atom. The monoisotopic (exact) mass is 442 g/mol. The summed E-state index contributed by atoms with van der Waals surface area (Å²) >= 11 is 11.1. The number of nitrogens with zero attached hydrogens (tertiary/aromatic N) is 2. The zero-order chi connectivity index (χ0) is 13.9. The second kappa shape index (κ2) is 6.89. The fourth-order valence-corrected chi connectivity index (χ4v) is 5.06. The molecule has 0 N–H and O–H groups in total. The molecule has 0 spiro atoms. The molecule has 0 radical (unpaired) electrons. The minimum Gasteiger partial charge on any atom is -0.268 e. The summed E-state index contributed by atoms with van der Waals surface area (Å²) < 4.78 is 3.28. The maximum atomic E-state index is 4.58. The van der Waals surface area contributed by atoms with Gasteiger partial charge in [-0.1, -0.05) is 45.7 Å². The van der Waals surface area contributed by atoms with Gasteiger partial charge in [0.1, 0.15) is 0 Å². The van der Waals surface area contributed by atoms with E-state index in [1.165, 1.54) is 5.69 Å². The molecule has 0 atom stereocenters. The van der Waals surface area contributed by atoms with Crippen molar-refractivity contribution in [3.8, 4) is 0 Å². The maximum absolute atomic E-state index is 4.58. The Kier molecular flexibility index (Phi) is 6.39. The third-order valence-corrected chi connectivity index (χ3v) is 6.99. The molecule has 0 bridgehead atoms. The first-order valence-corrected chi connectivity index (χ1v) is 9.29. The van der Waals surface area contributed by atoms with Crippen molar-refractivity contribution in [2.75, 3.05) is 10.7 Å². The highest BCUT2D eigenvalue weighted by Gasteiger charge is 2.34. The number of rotatable bonds is 6. The van der Waals surface area contributed by atoms with Gasteiger partial charge < -0.3 is 0 Å². The minimum atomic E-state index is 0.224. The van der Waals surface area contributed by atoms with Crippen molar-refractivity contribution in [1.29, 1.82) is 0 Å². The number of hydrogen-bond donors (Lipinski definition) is 0. The van der Waals surface area contributed by atoms with E-state index >= 15 is 0 Å². The van der Waals surface area contributed by atoms with E-state index in [2.05, 4.69) is 85.3 Å². The molecule has 1 rings (SSSR count). The minimum absolute atomic E-state index is 0.224. The Hall–Kier alpha value is 0.650. The molecule has 1 heterocycles. The molecule has 5 heteroatoms. The second-order valence-corrected chi connectivity index (χ2v) is 7.04. The van der Waals surface area contributed by atoms with Gasteiger partial charge in [-0.05, 0) is 47.5 Å². The standard InChI is InChI=1S/C13H21Br3N2/c1-5-18-11(12(16)10(4)17-18)6-13(7-14,8-15)9(2)3/h9H,5-8H2,1-4H3. The summed E-state index contributed by atoms with van der Waals surface area (Å²) in [6.45, 7) is 9.69. The Bertz CT molecular complexity index is 395. The molecule has 0 aliphatic carbocycles. The van der Waals surface area contributed by atoms with Crippen molar-refractivity contribution in [3.63, 3.8) is 0 Å². The summed E-state index contributed by atoms with van der Waals surface area (Å²) in [5.74, 6) is 0.601. The van der Waals surface area contributed by atoms with E-state index in [1.807, 2.05) is 0 Å². The highest BCUT2D eigenvalue weighted by molar-refractivity contribution is 9.10. The van der Waals surface area contributed by atoms with Gasteiger partial charge in [-0.15, -0.1) is 0 Å². The molecular weight excluding hydrogens is 424 g/mol. The highest BCUT2D eigenvalue weighted by Crippen LogP contribution is 2.38. The lowest BCUT2D eigenvalue weighted by molar-refractivity contribution is 0.260. The summed E-state index contributed by atoms with van der Waals surface area (Å²) in [5, 5.41) is 6.56. The smallest absolute Gasteiger partial charge is 0.0738 e. The van der Waals surface area contributed by atoms with Gasteiger partial charge >= 0.3 is 0 Å². The van der Waals surface area contributed by atoms with E-state index in [4.69, 9.17) is 0 Å². The first kappa shape index (κ1) is 16.7. The van der Waals surface area contributed by atoms with E-state index in [0.29, 0.717) is 5.92 Å². The van der Waals surface area contributed by atoms with Crippen LogP contribution in [0.25, 0.3) is 0 Å². The topological polar surface area (TPSA) is 17.8 Å². The molecule has 0 aliphatic rings. The molecule has 0 aromatic carbocycles. The molecule has 18 heavy (non-hydrogen) atoms. The zero-order valence-electron chi connectivity index (χ0n) is 11.4. The number of aryl methyl sites for hydroxylation is 2. The van der Waals surface area contributed by atoms with E-state index in [1.54, 1.807) is 0 Å². The second-order valence-electron chi connectivity index (χ2n) is 5.12. The number of halogens is 3. The predicted octanol–water partition coefficient (Wildman–Crippen LogP) is 4.95. The Morgan fingerprint density at radius 1 is 1.28 bits per heavy atom. The van der Waals surface area contributed by atoms with Crippen molar-refractivity contribution < 1.29 is 0 Å². The summed E-state index contributed by atoms with van der Waals surface area (Å²) in [5.41, 5.74) is 2.61. The van der Waals surface area contributed by atoms with Gasteiger partial charge in [0.25, 0.3) is 0 Å². The van der Waals surface area contributed by atoms with Crippen molar-refractivity contribution in [1.82, 2.24) is 9.78 Å². The quantitative estimate of drug-likeness (QED) is 0.568. The predicted molar refractivity (Wildman–Crippen MR) is 88.9 cm³/mol. The van der Waals surface area contributed by atoms with Gasteiger partial charge in [0.05, 0.1) is 15.9 Å². The van der Waals surface area contributed by atoms with E-state index in [-0.39, 0.29) is 5.41 Å². The van der Waals surface area contributed by atoms with Crippen LogP contribution in [0.3, 0.4) is 0 Å². The molecule has 0 amide bonds. The molecule has 0 saturated heterocycles. The van der Waals surface area contributed by atoms with Crippen LogP contribution < -0.4 is 0 Å². The van der Waals surface area contributed by atoms with Gasteiger partial charge in [-0.3, -0.25) is 4.68 Å². The lowest BCUT2D eigenvalue weighted by Crippen LogP contribution is -2.34. The lowest BCUT2D eigenvalue weighted by Gasteiger charge is -2.34. The van der Waals surface area contributed by atoms with Crippen LogP contribution in [0.2, 0.25) is 0 Å². The van der Waals surface area contributed by atoms with Crippen LogP contribution in [-0.2, 0) is 13.0 Å². The summed E-state index contributed by atoms with van der Waals surface area (Å²) in [7, 11) is 0. The molecule has 2 nitrogen and oxygen atoms in total.